The number of aliphatic hydroxyl groups is 1. The van der Waals surface area contributed by atoms with Crippen molar-refractivity contribution in [3.8, 4) is 0 Å². The van der Waals surface area contributed by atoms with Gasteiger partial charge in [0.25, 0.3) is 0 Å². The van der Waals surface area contributed by atoms with E-state index in [4.69, 9.17) is 16.7 Å². The number of nitrogens with one attached hydrogen (secondary N) is 1. The lowest BCUT2D eigenvalue weighted by Crippen LogP contribution is -2.26. The Morgan fingerprint density at radius 2 is 2.06 bits per heavy atom. The van der Waals surface area contributed by atoms with E-state index >= 15 is 0 Å². The second kappa shape index (κ2) is 5.52. The van der Waals surface area contributed by atoms with E-state index in [0.717, 1.165) is 5.69 Å². The molecule has 0 aliphatic carbocycles. The molecule has 0 amide bonds. The van der Waals surface area contributed by atoms with Gasteiger partial charge in [-0.15, -0.1) is 0 Å². The van der Waals surface area contributed by atoms with Crippen LogP contribution in [-0.4, -0.2) is 24.0 Å². The van der Waals surface area contributed by atoms with Crippen LogP contribution in [0, 0.1) is 5.41 Å². The van der Waals surface area contributed by atoms with Crippen molar-refractivity contribution >= 4 is 23.1 Å². The fraction of sp³-hybridized carbons (Fsp3) is 0.462. The standard InChI is InChI=1S/C13H18ClNO2/c1-9(17)10-4-11(14)6-12(5-10)15-7-13(2,3)8-16/h4-6,15-16H,7-8H2,1-3H3. The first-order valence-corrected chi connectivity index (χ1v) is 5.88. The number of Topliss-reactive ketones (excluding diaryl/α,β-unsaturated/α-hetero) is 1. The molecular formula is C13H18ClNO2. The second-order valence-electron chi connectivity index (χ2n) is 4.96. The zero-order valence-corrected chi connectivity index (χ0v) is 11.1. The van der Waals surface area contributed by atoms with Gasteiger partial charge in [-0.05, 0) is 25.1 Å². The van der Waals surface area contributed by atoms with Crippen LogP contribution < -0.4 is 5.32 Å². The topological polar surface area (TPSA) is 49.3 Å². The molecule has 0 radical (unpaired) electrons. The van der Waals surface area contributed by atoms with Crippen molar-refractivity contribution < 1.29 is 9.90 Å². The number of hydrogen-bond donors (Lipinski definition) is 2. The zero-order chi connectivity index (χ0) is 13.1. The monoisotopic (exact) mass is 255 g/mol. The highest BCUT2D eigenvalue weighted by Gasteiger charge is 2.16. The van der Waals surface area contributed by atoms with Gasteiger partial charge in [-0.2, -0.15) is 0 Å². The van der Waals surface area contributed by atoms with Crippen molar-refractivity contribution in [1.29, 1.82) is 0 Å². The SMILES string of the molecule is CC(=O)c1cc(Cl)cc(NCC(C)(C)CO)c1. The molecular weight excluding hydrogens is 238 g/mol. The van der Waals surface area contributed by atoms with Crippen LogP contribution in [-0.2, 0) is 0 Å². The van der Waals surface area contributed by atoms with E-state index in [1.807, 2.05) is 13.8 Å². The van der Waals surface area contributed by atoms with Gasteiger partial charge in [-0.3, -0.25) is 4.79 Å². The molecule has 1 aromatic rings. The maximum absolute atomic E-state index is 11.3. The summed E-state index contributed by atoms with van der Waals surface area (Å²) in [6.07, 6.45) is 0. The second-order valence-corrected chi connectivity index (χ2v) is 5.40. The molecule has 1 aromatic carbocycles. The van der Waals surface area contributed by atoms with Crippen molar-refractivity contribution in [2.24, 2.45) is 5.41 Å². The molecule has 94 valence electrons. The molecule has 0 fully saturated rings. The van der Waals surface area contributed by atoms with E-state index in [1.54, 1.807) is 18.2 Å². The molecule has 1 rings (SSSR count). The average molecular weight is 256 g/mol. The first kappa shape index (κ1) is 14.0. The van der Waals surface area contributed by atoms with Crippen molar-refractivity contribution in [1.82, 2.24) is 0 Å². The van der Waals surface area contributed by atoms with E-state index in [-0.39, 0.29) is 17.8 Å². The van der Waals surface area contributed by atoms with Gasteiger partial charge in [0.15, 0.2) is 5.78 Å². The van der Waals surface area contributed by atoms with Gasteiger partial charge in [0, 0.05) is 34.8 Å². The number of hydrogen-bond acceptors (Lipinski definition) is 3. The summed E-state index contributed by atoms with van der Waals surface area (Å²) < 4.78 is 0. The Balaban J connectivity index is 2.81. The number of ketones is 1. The third-order valence-electron chi connectivity index (χ3n) is 2.50. The van der Waals surface area contributed by atoms with Crippen LogP contribution in [0.15, 0.2) is 18.2 Å². The van der Waals surface area contributed by atoms with E-state index in [9.17, 15) is 4.79 Å². The lowest BCUT2D eigenvalue weighted by molar-refractivity contribution is 0.101. The molecule has 0 aliphatic heterocycles. The molecule has 0 aromatic heterocycles. The molecule has 0 bridgehead atoms. The molecule has 2 N–H and O–H groups in total. The molecule has 0 unspecified atom stereocenters. The highest BCUT2D eigenvalue weighted by atomic mass is 35.5. The largest absolute Gasteiger partial charge is 0.396 e. The summed E-state index contributed by atoms with van der Waals surface area (Å²) in [6.45, 7) is 6.13. The fourth-order valence-electron chi connectivity index (χ4n) is 1.29. The Bertz CT molecular complexity index is 416. The number of aliphatic hydroxyl groups excluding tert-OH is 1. The first-order chi connectivity index (χ1) is 7.84. The summed E-state index contributed by atoms with van der Waals surface area (Å²) in [5.41, 5.74) is 1.17. The highest BCUT2D eigenvalue weighted by Crippen LogP contribution is 2.21. The molecule has 4 heteroatoms. The predicted molar refractivity (Wildman–Crippen MR) is 70.8 cm³/mol. The van der Waals surface area contributed by atoms with Crippen LogP contribution >= 0.6 is 11.6 Å². The fourth-order valence-corrected chi connectivity index (χ4v) is 1.53. The van der Waals surface area contributed by atoms with E-state index in [1.165, 1.54) is 6.92 Å². The van der Waals surface area contributed by atoms with Gasteiger partial charge < -0.3 is 10.4 Å². The Morgan fingerprint density at radius 3 is 2.59 bits per heavy atom. The van der Waals surface area contributed by atoms with E-state index < -0.39 is 0 Å². The molecule has 17 heavy (non-hydrogen) atoms. The number of rotatable bonds is 5. The van der Waals surface area contributed by atoms with E-state index in [0.29, 0.717) is 17.1 Å². The summed E-state index contributed by atoms with van der Waals surface area (Å²) >= 11 is 5.94. The third kappa shape index (κ3) is 4.36. The van der Waals surface area contributed by atoms with Crippen molar-refractivity contribution in [3.05, 3.63) is 28.8 Å². The summed E-state index contributed by atoms with van der Waals surface area (Å²) in [5, 5.41) is 12.9. The highest BCUT2D eigenvalue weighted by molar-refractivity contribution is 6.31. The maximum Gasteiger partial charge on any atom is 0.159 e. The summed E-state index contributed by atoms with van der Waals surface area (Å²) in [4.78, 5) is 11.3. The lowest BCUT2D eigenvalue weighted by atomic mass is 9.95. The van der Waals surface area contributed by atoms with Crippen molar-refractivity contribution in [3.63, 3.8) is 0 Å². The average Bonchev–Trinajstić information content (AvgIpc) is 2.26. The van der Waals surface area contributed by atoms with Crippen molar-refractivity contribution in [2.75, 3.05) is 18.5 Å². The number of carbonyl (C=O) groups excluding carboxylic acids is 1. The van der Waals surface area contributed by atoms with Crippen LogP contribution in [0.3, 0.4) is 0 Å². The van der Waals surface area contributed by atoms with Gasteiger partial charge in [-0.25, -0.2) is 0 Å². The quantitative estimate of drug-likeness (QED) is 0.796. The lowest BCUT2D eigenvalue weighted by Gasteiger charge is -2.22. The molecule has 3 nitrogen and oxygen atoms in total. The number of halogens is 1. The molecule has 0 spiro atoms. The molecule has 0 atom stereocenters. The van der Waals surface area contributed by atoms with Gasteiger partial charge in [0.1, 0.15) is 0 Å². The number of carbonyl (C=O) groups is 1. The van der Waals surface area contributed by atoms with Crippen molar-refractivity contribution in [2.45, 2.75) is 20.8 Å². The zero-order valence-electron chi connectivity index (χ0n) is 10.4. The minimum atomic E-state index is -0.210. The first-order valence-electron chi connectivity index (χ1n) is 5.50. The maximum atomic E-state index is 11.3. The van der Waals surface area contributed by atoms with Crippen LogP contribution in [0.25, 0.3) is 0 Å². The number of benzene rings is 1. The van der Waals surface area contributed by atoms with Gasteiger partial charge in [0.05, 0.1) is 0 Å². The van der Waals surface area contributed by atoms with Gasteiger partial charge >= 0.3 is 0 Å². The minimum Gasteiger partial charge on any atom is -0.396 e. The van der Waals surface area contributed by atoms with Crippen LogP contribution in [0.1, 0.15) is 31.1 Å². The Hall–Kier alpha value is -1.06. The van der Waals surface area contributed by atoms with Crippen LogP contribution in [0.5, 0.6) is 0 Å². The normalized spacial score (nSPS) is 11.4. The summed E-state index contributed by atoms with van der Waals surface area (Å²) in [7, 11) is 0. The van der Waals surface area contributed by atoms with Gasteiger partial charge in [-0.1, -0.05) is 25.4 Å². The number of anilines is 1. The summed E-state index contributed by atoms with van der Waals surface area (Å²) in [6, 6.07) is 5.18. The molecule has 0 aliphatic rings. The van der Waals surface area contributed by atoms with Crippen LogP contribution in [0.2, 0.25) is 5.02 Å². The Labute approximate surface area is 107 Å². The van der Waals surface area contributed by atoms with Gasteiger partial charge in [0.2, 0.25) is 0 Å². The Morgan fingerprint density at radius 1 is 1.41 bits per heavy atom. The Kier molecular flexibility index (Phi) is 4.54. The molecule has 0 saturated carbocycles. The molecule has 0 heterocycles. The predicted octanol–water partition coefficient (Wildman–Crippen LogP) is 2.97. The smallest absolute Gasteiger partial charge is 0.159 e. The van der Waals surface area contributed by atoms with Crippen LogP contribution in [0.4, 0.5) is 5.69 Å². The third-order valence-corrected chi connectivity index (χ3v) is 2.72. The van der Waals surface area contributed by atoms with E-state index in [2.05, 4.69) is 5.32 Å². The molecule has 0 saturated heterocycles. The minimum absolute atomic E-state index is 0.0167. The summed E-state index contributed by atoms with van der Waals surface area (Å²) in [5.74, 6) is -0.0167.